The summed E-state index contributed by atoms with van der Waals surface area (Å²) < 4.78 is 0. The van der Waals surface area contributed by atoms with Gasteiger partial charge in [-0.3, -0.25) is 4.90 Å². The lowest BCUT2D eigenvalue weighted by molar-refractivity contribution is 0.0205. The second-order valence-electron chi connectivity index (χ2n) is 9.23. The molecule has 2 bridgehead atoms. The first-order valence-corrected chi connectivity index (χ1v) is 11.9. The van der Waals surface area contributed by atoms with Gasteiger partial charge in [0.05, 0.1) is 0 Å². The zero-order valence-electron chi connectivity index (χ0n) is 16.9. The number of fused-ring (bicyclic) bond motifs is 4. The Morgan fingerprint density at radius 2 is 1.28 bits per heavy atom. The predicted molar refractivity (Wildman–Crippen MR) is 122 cm³/mol. The first kappa shape index (κ1) is 19.9. The summed E-state index contributed by atoms with van der Waals surface area (Å²) in [5, 5.41) is 5.61. The second kappa shape index (κ2) is 8.23. The van der Waals surface area contributed by atoms with Crippen LogP contribution in [-0.4, -0.2) is 36.1 Å². The number of likely N-dealkylation sites (tertiary alicyclic amines) is 1. The summed E-state index contributed by atoms with van der Waals surface area (Å²) in [4.78, 5) is 2.85. The summed E-state index contributed by atoms with van der Waals surface area (Å²) >= 11 is 12.4. The number of rotatable bonds is 3. The van der Waals surface area contributed by atoms with Crippen LogP contribution in [0.2, 0.25) is 10.0 Å². The summed E-state index contributed by atoms with van der Waals surface area (Å²) in [6, 6.07) is 17.7. The molecule has 154 valence electrons. The molecule has 4 aliphatic rings. The van der Waals surface area contributed by atoms with Gasteiger partial charge in [-0.25, -0.2) is 0 Å². The van der Waals surface area contributed by atoms with Crippen LogP contribution in [0.4, 0.5) is 0 Å². The summed E-state index contributed by atoms with van der Waals surface area (Å²) in [7, 11) is 0. The minimum Gasteiger partial charge on any atom is -0.313 e. The Balaban J connectivity index is 1.56. The van der Waals surface area contributed by atoms with E-state index < -0.39 is 0 Å². The Kier molecular flexibility index (Phi) is 5.64. The molecule has 2 aromatic carbocycles. The molecule has 2 nitrogen and oxygen atoms in total. The summed E-state index contributed by atoms with van der Waals surface area (Å²) in [5.74, 6) is 1.01. The summed E-state index contributed by atoms with van der Waals surface area (Å²) in [6.07, 6.45) is 7.81. The molecule has 4 heteroatoms. The minimum atomic E-state index is 0.287. The molecule has 2 aromatic rings. The van der Waals surface area contributed by atoms with Crippen molar-refractivity contribution in [1.29, 1.82) is 0 Å². The molecular formula is C25H30Cl2N2. The van der Waals surface area contributed by atoms with Crippen LogP contribution in [-0.2, 0) is 0 Å². The lowest BCUT2D eigenvalue weighted by Gasteiger charge is -2.53. The molecule has 1 saturated carbocycles. The first-order chi connectivity index (χ1) is 14.1. The zero-order chi connectivity index (χ0) is 19.8. The lowest BCUT2D eigenvalue weighted by Crippen LogP contribution is -2.56. The molecular weight excluding hydrogens is 399 g/mol. The second-order valence-corrected chi connectivity index (χ2v) is 10.1. The first-order valence-electron chi connectivity index (χ1n) is 11.1. The Labute approximate surface area is 184 Å². The molecule has 3 saturated heterocycles. The van der Waals surface area contributed by atoms with Gasteiger partial charge in [0, 0.05) is 33.5 Å². The zero-order valence-corrected chi connectivity index (χ0v) is 18.4. The van der Waals surface area contributed by atoms with Crippen molar-refractivity contribution in [2.24, 2.45) is 0 Å². The largest absolute Gasteiger partial charge is 0.313 e. The third-order valence-electron chi connectivity index (χ3n) is 7.66. The van der Waals surface area contributed by atoms with Crippen LogP contribution in [0.25, 0.3) is 0 Å². The van der Waals surface area contributed by atoms with Gasteiger partial charge in [0.15, 0.2) is 0 Å². The van der Waals surface area contributed by atoms with Gasteiger partial charge in [0.1, 0.15) is 0 Å². The fraction of sp³-hybridized carbons (Fsp3) is 0.520. The Bertz CT molecular complexity index is 771. The molecule has 3 aliphatic heterocycles. The van der Waals surface area contributed by atoms with Gasteiger partial charge in [0.25, 0.3) is 0 Å². The van der Waals surface area contributed by atoms with E-state index in [0.717, 1.165) is 16.6 Å². The van der Waals surface area contributed by atoms with Gasteiger partial charge in [-0.2, -0.15) is 0 Å². The smallest absolute Gasteiger partial charge is 0.0406 e. The summed E-state index contributed by atoms with van der Waals surface area (Å²) in [5.41, 5.74) is 3.14. The third kappa shape index (κ3) is 3.85. The van der Waals surface area contributed by atoms with E-state index in [-0.39, 0.29) is 5.54 Å². The molecule has 6 rings (SSSR count). The number of hydrogen-bond acceptors (Lipinski definition) is 2. The van der Waals surface area contributed by atoms with E-state index in [0.29, 0.717) is 17.9 Å². The molecule has 29 heavy (non-hydrogen) atoms. The van der Waals surface area contributed by atoms with E-state index >= 15 is 0 Å². The molecule has 0 unspecified atom stereocenters. The minimum absolute atomic E-state index is 0.287. The highest BCUT2D eigenvalue weighted by Gasteiger charge is 2.51. The lowest BCUT2D eigenvalue weighted by atomic mass is 9.63. The summed E-state index contributed by atoms with van der Waals surface area (Å²) in [6.45, 7) is 3.62. The number of hydrogen-bond donors (Lipinski definition) is 1. The van der Waals surface area contributed by atoms with E-state index in [4.69, 9.17) is 23.2 Å². The van der Waals surface area contributed by atoms with Crippen LogP contribution in [0.1, 0.15) is 61.5 Å². The average molecular weight is 429 g/mol. The topological polar surface area (TPSA) is 15.3 Å². The van der Waals surface area contributed by atoms with Crippen LogP contribution in [0.5, 0.6) is 0 Å². The molecule has 2 atom stereocenters. The van der Waals surface area contributed by atoms with Crippen molar-refractivity contribution in [2.45, 2.75) is 61.9 Å². The Morgan fingerprint density at radius 3 is 1.79 bits per heavy atom. The van der Waals surface area contributed by atoms with Crippen LogP contribution in [0, 0.1) is 0 Å². The van der Waals surface area contributed by atoms with Crippen molar-refractivity contribution >= 4 is 23.2 Å². The van der Waals surface area contributed by atoms with Gasteiger partial charge in [0.2, 0.25) is 0 Å². The van der Waals surface area contributed by atoms with E-state index in [1.165, 1.54) is 62.7 Å². The van der Waals surface area contributed by atoms with Crippen molar-refractivity contribution in [3.8, 4) is 0 Å². The Morgan fingerprint density at radius 1 is 0.759 bits per heavy atom. The fourth-order valence-electron chi connectivity index (χ4n) is 6.25. The molecule has 4 fully saturated rings. The van der Waals surface area contributed by atoms with Crippen molar-refractivity contribution in [2.75, 3.05) is 19.6 Å². The van der Waals surface area contributed by atoms with Crippen LogP contribution in [0.15, 0.2) is 48.5 Å². The standard InChI is InChI=1S/C25H30Cl2N2/c26-20-8-4-18(5-9-20)22-16-25(29-14-2-1-3-15-29)12-13-28-24(22)23(17-25)19-6-10-21(27)11-7-19/h4-11,22-24,28H,1-3,12-17H2/t22-,23-,24?,25?/m0/s1. The maximum Gasteiger partial charge on any atom is 0.0406 e. The number of nitrogens with one attached hydrogen (secondary N) is 1. The van der Waals surface area contributed by atoms with Crippen molar-refractivity contribution in [1.82, 2.24) is 10.2 Å². The SMILES string of the molecule is Clc1ccc([C@@H]2CC3(N4CCCCC4)CCNC2[C@H](c2ccc(Cl)cc2)C3)cc1. The monoisotopic (exact) mass is 428 g/mol. The molecule has 1 aliphatic carbocycles. The predicted octanol–water partition coefficient (Wildman–Crippen LogP) is 6.24. The average Bonchev–Trinajstić information content (AvgIpc) is 3.07. The van der Waals surface area contributed by atoms with Gasteiger partial charge in [-0.05, 0) is 87.1 Å². The van der Waals surface area contributed by atoms with Crippen LogP contribution >= 0.6 is 23.2 Å². The van der Waals surface area contributed by atoms with Crippen molar-refractivity contribution < 1.29 is 0 Å². The van der Waals surface area contributed by atoms with E-state index in [1.807, 2.05) is 0 Å². The number of piperidine rings is 1. The van der Waals surface area contributed by atoms with Crippen LogP contribution < -0.4 is 5.32 Å². The quantitative estimate of drug-likeness (QED) is 0.621. The van der Waals surface area contributed by atoms with Gasteiger partial charge in [-0.15, -0.1) is 0 Å². The molecule has 0 amide bonds. The highest BCUT2D eigenvalue weighted by Crippen LogP contribution is 2.52. The highest BCUT2D eigenvalue weighted by molar-refractivity contribution is 6.30. The van der Waals surface area contributed by atoms with E-state index in [9.17, 15) is 0 Å². The van der Waals surface area contributed by atoms with Crippen molar-refractivity contribution in [3.63, 3.8) is 0 Å². The van der Waals surface area contributed by atoms with Crippen molar-refractivity contribution in [3.05, 3.63) is 69.7 Å². The van der Waals surface area contributed by atoms with Gasteiger partial charge in [-0.1, -0.05) is 53.9 Å². The highest BCUT2D eigenvalue weighted by atomic mass is 35.5. The van der Waals surface area contributed by atoms with Gasteiger partial charge < -0.3 is 5.32 Å². The third-order valence-corrected chi connectivity index (χ3v) is 8.16. The fourth-order valence-corrected chi connectivity index (χ4v) is 6.50. The number of nitrogens with zero attached hydrogens (tertiary/aromatic N) is 1. The van der Waals surface area contributed by atoms with E-state index in [2.05, 4.69) is 58.7 Å². The number of benzene rings is 2. The van der Waals surface area contributed by atoms with Crippen LogP contribution in [0.3, 0.4) is 0 Å². The van der Waals surface area contributed by atoms with Gasteiger partial charge >= 0.3 is 0 Å². The molecule has 1 N–H and O–H groups in total. The Hall–Kier alpha value is -1.06. The molecule has 3 heterocycles. The maximum absolute atomic E-state index is 6.21. The molecule has 0 spiro atoms. The van der Waals surface area contributed by atoms with E-state index in [1.54, 1.807) is 0 Å². The molecule has 0 radical (unpaired) electrons. The number of halogens is 2. The maximum atomic E-state index is 6.21. The normalized spacial score (nSPS) is 32.8. The molecule has 0 aromatic heterocycles.